The summed E-state index contributed by atoms with van der Waals surface area (Å²) < 4.78 is 13.4. The third-order valence-corrected chi connectivity index (χ3v) is 7.10. The average molecular weight is 407 g/mol. The number of benzene rings is 2. The van der Waals surface area contributed by atoms with Crippen LogP contribution in [-0.2, 0) is 0 Å². The van der Waals surface area contributed by atoms with Gasteiger partial charge in [0, 0.05) is 37.1 Å². The molecule has 0 N–H and O–H groups in total. The van der Waals surface area contributed by atoms with Crippen LogP contribution in [0.2, 0.25) is 10.0 Å². The average Bonchev–Trinajstić information content (AvgIpc) is 2.97. The Bertz CT molecular complexity index is 850. The van der Waals surface area contributed by atoms with E-state index in [0.29, 0.717) is 16.1 Å². The Labute approximate surface area is 170 Å². The quantitative estimate of drug-likeness (QED) is 0.627. The van der Waals surface area contributed by atoms with Crippen LogP contribution in [0.5, 0.6) is 0 Å². The SMILES string of the molecule is CN1CCN(C2CC(c3ccc(F)cc3)c3cc(Cl)c(Cl)cc32)CC1(C)C. The highest BCUT2D eigenvalue weighted by atomic mass is 35.5. The second kappa shape index (κ2) is 7.04. The Morgan fingerprint density at radius 3 is 2.26 bits per heavy atom. The van der Waals surface area contributed by atoms with Crippen LogP contribution in [0.1, 0.15) is 48.9 Å². The molecule has 1 aliphatic carbocycles. The molecule has 2 aromatic rings. The predicted molar refractivity (Wildman–Crippen MR) is 110 cm³/mol. The molecule has 1 fully saturated rings. The van der Waals surface area contributed by atoms with Gasteiger partial charge < -0.3 is 0 Å². The zero-order chi connectivity index (χ0) is 19.3. The zero-order valence-electron chi connectivity index (χ0n) is 16.0. The molecule has 0 bridgehead atoms. The van der Waals surface area contributed by atoms with Gasteiger partial charge in [-0.15, -0.1) is 0 Å². The Morgan fingerprint density at radius 2 is 1.63 bits per heavy atom. The molecule has 27 heavy (non-hydrogen) atoms. The van der Waals surface area contributed by atoms with Crippen LogP contribution < -0.4 is 0 Å². The molecular formula is C22H25Cl2FN2. The third-order valence-electron chi connectivity index (χ3n) is 6.38. The van der Waals surface area contributed by atoms with Crippen LogP contribution in [0, 0.1) is 5.82 Å². The van der Waals surface area contributed by atoms with Crippen LogP contribution >= 0.6 is 23.2 Å². The Kier molecular flexibility index (Phi) is 5.00. The highest BCUT2D eigenvalue weighted by Crippen LogP contribution is 2.49. The molecule has 144 valence electrons. The summed E-state index contributed by atoms with van der Waals surface area (Å²) in [7, 11) is 2.19. The maximum Gasteiger partial charge on any atom is 0.123 e. The van der Waals surface area contributed by atoms with E-state index in [0.717, 1.165) is 31.6 Å². The summed E-state index contributed by atoms with van der Waals surface area (Å²) in [4.78, 5) is 5.00. The van der Waals surface area contributed by atoms with Gasteiger partial charge in [0.05, 0.1) is 10.0 Å². The minimum Gasteiger partial charge on any atom is -0.299 e. The van der Waals surface area contributed by atoms with Crippen molar-refractivity contribution < 1.29 is 4.39 Å². The van der Waals surface area contributed by atoms with Gasteiger partial charge in [-0.2, -0.15) is 0 Å². The molecule has 4 rings (SSSR count). The summed E-state index contributed by atoms with van der Waals surface area (Å²) in [5.74, 6) is 0.00612. The van der Waals surface area contributed by atoms with Crippen molar-refractivity contribution >= 4 is 23.2 Å². The summed E-state index contributed by atoms with van der Waals surface area (Å²) in [6, 6.07) is 11.2. The van der Waals surface area contributed by atoms with Crippen LogP contribution in [0.3, 0.4) is 0 Å². The fraction of sp³-hybridized carbons (Fsp3) is 0.455. The van der Waals surface area contributed by atoms with Gasteiger partial charge in [-0.05, 0) is 68.3 Å². The summed E-state index contributed by atoms with van der Waals surface area (Å²) >= 11 is 12.7. The van der Waals surface area contributed by atoms with E-state index < -0.39 is 0 Å². The monoisotopic (exact) mass is 406 g/mol. The highest BCUT2D eigenvalue weighted by molar-refractivity contribution is 6.42. The first-order valence-electron chi connectivity index (χ1n) is 9.46. The van der Waals surface area contributed by atoms with Gasteiger partial charge in [-0.3, -0.25) is 9.80 Å². The molecule has 2 atom stereocenters. The van der Waals surface area contributed by atoms with E-state index in [1.807, 2.05) is 24.3 Å². The molecule has 1 saturated heterocycles. The highest BCUT2D eigenvalue weighted by Gasteiger charge is 2.40. The minimum atomic E-state index is -0.205. The number of halogens is 3. The van der Waals surface area contributed by atoms with Crippen LogP contribution in [0.15, 0.2) is 36.4 Å². The normalized spacial score (nSPS) is 25.6. The molecule has 0 spiro atoms. The number of hydrogen-bond acceptors (Lipinski definition) is 2. The van der Waals surface area contributed by atoms with Crippen molar-refractivity contribution in [3.63, 3.8) is 0 Å². The maximum absolute atomic E-state index is 13.4. The molecule has 2 nitrogen and oxygen atoms in total. The molecule has 1 aliphatic heterocycles. The molecule has 2 unspecified atom stereocenters. The molecule has 0 radical (unpaired) electrons. The van der Waals surface area contributed by atoms with E-state index in [4.69, 9.17) is 23.2 Å². The van der Waals surface area contributed by atoms with Crippen molar-refractivity contribution in [2.45, 2.75) is 37.8 Å². The van der Waals surface area contributed by atoms with Gasteiger partial charge in [0.25, 0.3) is 0 Å². The van der Waals surface area contributed by atoms with E-state index in [9.17, 15) is 4.39 Å². The molecular weight excluding hydrogens is 382 g/mol. The Hall–Kier alpha value is -1.13. The second-order valence-corrected chi connectivity index (χ2v) is 9.27. The van der Waals surface area contributed by atoms with Crippen LogP contribution in [0.25, 0.3) is 0 Å². The van der Waals surface area contributed by atoms with Gasteiger partial charge in [0.2, 0.25) is 0 Å². The lowest BCUT2D eigenvalue weighted by Gasteiger charge is -2.47. The first kappa shape index (κ1) is 19.2. The standard InChI is InChI=1S/C22H25Cl2FN2/c1-22(2)13-27(9-8-26(22)3)21-12-16(14-4-6-15(25)7-5-14)17-10-19(23)20(24)11-18(17)21/h4-7,10-11,16,21H,8-9,12-13H2,1-3H3. The zero-order valence-corrected chi connectivity index (χ0v) is 17.5. The summed E-state index contributed by atoms with van der Waals surface area (Å²) in [5, 5.41) is 1.19. The number of likely N-dealkylation sites (N-methyl/N-ethyl adjacent to an activating group) is 1. The van der Waals surface area contributed by atoms with Gasteiger partial charge in [-0.25, -0.2) is 4.39 Å². The molecule has 0 saturated carbocycles. The van der Waals surface area contributed by atoms with Crippen molar-refractivity contribution in [3.05, 3.63) is 69.0 Å². The lowest BCUT2D eigenvalue weighted by atomic mass is 9.93. The van der Waals surface area contributed by atoms with Crippen molar-refractivity contribution in [3.8, 4) is 0 Å². The first-order valence-corrected chi connectivity index (χ1v) is 10.2. The number of piperazine rings is 1. The fourth-order valence-electron chi connectivity index (χ4n) is 4.55. The summed E-state index contributed by atoms with van der Waals surface area (Å²) in [5.41, 5.74) is 3.74. The van der Waals surface area contributed by atoms with Crippen LogP contribution in [0.4, 0.5) is 4.39 Å². The van der Waals surface area contributed by atoms with Crippen molar-refractivity contribution in [1.82, 2.24) is 9.80 Å². The van der Waals surface area contributed by atoms with E-state index in [-0.39, 0.29) is 17.3 Å². The minimum absolute atomic E-state index is 0.128. The van der Waals surface area contributed by atoms with E-state index in [1.54, 1.807) is 12.1 Å². The topological polar surface area (TPSA) is 6.48 Å². The Morgan fingerprint density at radius 1 is 1.00 bits per heavy atom. The third kappa shape index (κ3) is 3.51. The molecule has 1 heterocycles. The van der Waals surface area contributed by atoms with Crippen molar-refractivity contribution in [2.24, 2.45) is 0 Å². The van der Waals surface area contributed by atoms with Crippen LogP contribution in [-0.4, -0.2) is 42.0 Å². The van der Waals surface area contributed by atoms with E-state index in [2.05, 4.69) is 30.7 Å². The number of rotatable bonds is 2. The number of hydrogen-bond donors (Lipinski definition) is 0. The first-order chi connectivity index (χ1) is 12.8. The second-order valence-electron chi connectivity index (χ2n) is 8.46. The lowest BCUT2D eigenvalue weighted by molar-refractivity contribution is 0.0158. The number of nitrogens with zero attached hydrogens (tertiary/aromatic N) is 2. The smallest absolute Gasteiger partial charge is 0.123 e. The van der Waals surface area contributed by atoms with Gasteiger partial charge in [0.1, 0.15) is 5.82 Å². The van der Waals surface area contributed by atoms with Gasteiger partial charge >= 0.3 is 0 Å². The largest absolute Gasteiger partial charge is 0.299 e. The molecule has 2 aromatic carbocycles. The maximum atomic E-state index is 13.4. The molecule has 0 amide bonds. The number of fused-ring (bicyclic) bond motifs is 1. The fourth-order valence-corrected chi connectivity index (χ4v) is 4.89. The lowest BCUT2D eigenvalue weighted by Crippen LogP contribution is -2.58. The molecule has 5 heteroatoms. The van der Waals surface area contributed by atoms with Crippen molar-refractivity contribution in [2.75, 3.05) is 26.7 Å². The van der Waals surface area contributed by atoms with Gasteiger partial charge in [0.15, 0.2) is 0 Å². The summed E-state index contributed by atoms with van der Waals surface area (Å²) in [6.45, 7) is 7.66. The van der Waals surface area contributed by atoms with Gasteiger partial charge in [-0.1, -0.05) is 35.3 Å². The molecule has 2 aliphatic rings. The van der Waals surface area contributed by atoms with Crippen molar-refractivity contribution in [1.29, 1.82) is 0 Å². The predicted octanol–water partition coefficient (Wildman–Crippen LogP) is 5.74. The Balaban J connectivity index is 1.73. The molecule has 0 aromatic heterocycles. The van der Waals surface area contributed by atoms with E-state index in [1.165, 1.54) is 11.1 Å². The van der Waals surface area contributed by atoms with E-state index >= 15 is 0 Å². The summed E-state index contributed by atoms with van der Waals surface area (Å²) in [6.07, 6.45) is 0.970.